The van der Waals surface area contributed by atoms with Gasteiger partial charge in [-0.15, -0.1) is 0 Å². The lowest BCUT2D eigenvalue weighted by Gasteiger charge is -2.44. The normalized spacial score (nSPS) is 29.4. The number of aliphatic hydroxyl groups is 5. The number of hydrogen-bond donors (Lipinski definition) is 13. The summed E-state index contributed by atoms with van der Waals surface area (Å²) in [6.45, 7) is -0.752. The number of rotatable bonds is 6. The van der Waals surface area contributed by atoms with Gasteiger partial charge in [0.15, 0.2) is 41.5 Å². The molecule has 0 saturated carbocycles. The molecule has 0 spiro atoms. The van der Waals surface area contributed by atoms with Crippen molar-refractivity contribution < 1.29 is 85.3 Å². The van der Waals surface area contributed by atoms with Gasteiger partial charge in [0.25, 0.3) is 0 Å². The number of aromatic hydroxyl groups is 8. The molecule has 7 rings (SSSR count). The summed E-state index contributed by atoms with van der Waals surface area (Å²) in [6.07, 6.45) is -14.3. The average molecular weight is 741 g/mol. The van der Waals surface area contributed by atoms with Crippen molar-refractivity contribution in [3.8, 4) is 57.5 Å². The Bertz CT molecular complexity index is 2030. The largest absolute Gasteiger partial charge is 0.508 e. The minimum absolute atomic E-state index is 0.0241. The molecule has 3 aliphatic rings. The highest BCUT2D eigenvalue weighted by molar-refractivity contribution is 5.66. The van der Waals surface area contributed by atoms with Gasteiger partial charge in [0.2, 0.25) is 0 Å². The smallest absolute Gasteiger partial charge is 0.187 e. The number of aliphatic hydroxyl groups excluding tert-OH is 5. The standard InChI is InChI=1S/C36H36O17/c37-11-25-29(46)31(48)32(49)36(52-25)51-24-9-15-18(41)10-22(45)27(35(15)53-33(24)12-1-3-16(39)19(42)5-12)28-26-21(44)7-14(38)8-23(26)50-34(30(28)47)13-2-4-17(40)20(43)6-13/h1-8,10,24-25,28-34,36-49H,9,11H2. The van der Waals surface area contributed by atoms with Crippen LogP contribution >= 0.6 is 0 Å². The van der Waals surface area contributed by atoms with Crippen LogP contribution in [0.1, 0.15) is 45.9 Å². The number of phenolic OH excluding ortho intramolecular Hbond substituents is 8. The highest BCUT2D eigenvalue weighted by atomic mass is 16.7. The molecule has 4 aromatic rings. The molecular formula is C36H36O17. The van der Waals surface area contributed by atoms with Crippen molar-refractivity contribution in [3.05, 3.63) is 82.4 Å². The molecule has 10 unspecified atom stereocenters. The fraction of sp³-hybridized carbons (Fsp3) is 0.333. The number of ether oxygens (including phenoxy) is 4. The highest BCUT2D eigenvalue weighted by Crippen LogP contribution is 2.57. The van der Waals surface area contributed by atoms with Gasteiger partial charge in [0.1, 0.15) is 71.1 Å². The van der Waals surface area contributed by atoms with Crippen molar-refractivity contribution in [2.24, 2.45) is 0 Å². The monoisotopic (exact) mass is 740 g/mol. The lowest BCUT2D eigenvalue weighted by atomic mass is 9.77. The number of fused-ring (bicyclic) bond motifs is 2. The van der Waals surface area contributed by atoms with Crippen molar-refractivity contribution in [1.82, 2.24) is 0 Å². The van der Waals surface area contributed by atoms with Crippen LogP contribution in [-0.4, -0.2) is 116 Å². The van der Waals surface area contributed by atoms with Crippen molar-refractivity contribution in [2.75, 3.05) is 6.61 Å². The molecule has 3 heterocycles. The second kappa shape index (κ2) is 13.5. The Balaban J connectivity index is 1.38. The van der Waals surface area contributed by atoms with Crippen LogP contribution in [0.3, 0.4) is 0 Å². The third-order valence-electron chi connectivity index (χ3n) is 9.81. The zero-order valence-corrected chi connectivity index (χ0v) is 27.3. The summed E-state index contributed by atoms with van der Waals surface area (Å²) in [5.41, 5.74) is -0.0378. The second-order valence-corrected chi connectivity index (χ2v) is 13.1. The van der Waals surface area contributed by atoms with Gasteiger partial charge < -0.3 is 85.3 Å². The SMILES string of the molecule is OCC1OC(OC2Cc3c(O)cc(O)c(C4c5c(O)cc(O)cc5OC(c5ccc(O)c(O)c5)C4O)c3OC2c2ccc(O)c(O)c2)C(O)C(O)C1O. The van der Waals surface area contributed by atoms with Crippen LogP contribution in [0, 0.1) is 0 Å². The first-order chi connectivity index (χ1) is 25.2. The average Bonchev–Trinajstić information content (AvgIpc) is 3.11. The van der Waals surface area contributed by atoms with Gasteiger partial charge >= 0.3 is 0 Å². The molecule has 1 saturated heterocycles. The first-order valence-corrected chi connectivity index (χ1v) is 16.3. The van der Waals surface area contributed by atoms with Gasteiger partial charge in [-0.1, -0.05) is 12.1 Å². The quantitative estimate of drug-likeness (QED) is 0.122. The van der Waals surface area contributed by atoms with E-state index in [1.807, 2.05) is 0 Å². The molecule has 17 heteroatoms. The first-order valence-electron chi connectivity index (χ1n) is 16.3. The number of hydrogen-bond acceptors (Lipinski definition) is 17. The summed E-state index contributed by atoms with van der Waals surface area (Å²) in [4.78, 5) is 0. The van der Waals surface area contributed by atoms with Crippen molar-refractivity contribution >= 4 is 0 Å². The van der Waals surface area contributed by atoms with Crippen molar-refractivity contribution in [1.29, 1.82) is 0 Å². The maximum atomic E-state index is 12.0. The fourth-order valence-electron chi connectivity index (χ4n) is 7.16. The molecule has 53 heavy (non-hydrogen) atoms. The van der Waals surface area contributed by atoms with Gasteiger partial charge in [0, 0.05) is 41.3 Å². The van der Waals surface area contributed by atoms with E-state index in [1.54, 1.807) is 0 Å². The summed E-state index contributed by atoms with van der Waals surface area (Å²) >= 11 is 0. The van der Waals surface area contributed by atoms with Crippen LogP contribution in [0.15, 0.2) is 54.6 Å². The van der Waals surface area contributed by atoms with E-state index in [-0.39, 0.29) is 45.7 Å². The molecule has 0 radical (unpaired) electrons. The second-order valence-electron chi connectivity index (χ2n) is 13.1. The van der Waals surface area contributed by atoms with E-state index < -0.39 is 114 Å². The Morgan fingerprint density at radius 3 is 1.83 bits per heavy atom. The van der Waals surface area contributed by atoms with Crippen molar-refractivity contribution in [2.45, 2.75) is 67.5 Å². The van der Waals surface area contributed by atoms with Crippen LogP contribution < -0.4 is 9.47 Å². The lowest BCUT2D eigenvalue weighted by molar-refractivity contribution is -0.317. The highest BCUT2D eigenvalue weighted by Gasteiger charge is 2.49. The molecule has 3 aliphatic heterocycles. The minimum Gasteiger partial charge on any atom is -0.508 e. The molecule has 0 aromatic heterocycles. The molecule has 0 amide bonds. The molecule has 0 bridgehead atoms. The van der Waals surface area contributed by atoms with E-state index in [9.17, 15) is 66.4 Å². The van der Waals surface area contributed by atoms with Gasteiger partial charge in [-0.3, -0.25) is 0 Å². The Morgan fingerprint density at radius 1 is 0.585 bits per heavy atom. The molecule has 10 atom stereocenters. The topological polar surface area (TPSA) is 300 Å². The van der Waals surface area contributed by atoms with Crippen LogP contribution in [-0.2, 0) is 15.9 Å². The molecule has 17 nitrogen and oxygen atoms in total. The van der Waals surface area contributed by atoms with Crippen LogP contribution in [0.5, 0.6) is 57.5 Å². The summed E-state index contributed by atoms with van der Waals surface area (Å²) < 4.78 is 24.1. The van der Waals surface area contributed by atoms with Crippen molar-refractivity contribution in [3.63, 3.8) is 0 Å². The maximum absolute atomic E-state index is 12.0. The molecule has 0 aliphatic carbocycles. The molecule has 282 valence electrons. The number of phenols is 8. The summed E-state index contributed by atoms with van der Waals surface area (Å²) in [5.74, 6) is -6.01. The Kier molecular flexibility index (Phi) is 9.19. The fourth-order valence-corrected chi connectivity index (χ4v) is 7.16. The predicted octanol–water partition coefficient (Wildman–Crippen LogP) is 0.819. The van der Waals surface area contributed by atoms with Crippen LogP contribution in [0.2, 0.25) is 0 Å². The molecule has 13 N–H and O–H groups in total. The van der Waals surface area contributed by atoms with E-state index in [4.69, 9.17) is 18.9 Å². The molecule has 4 aromatic carbocycles. The van der Waals surface area contributed by atoms with E-state index in [2.05, 4.69) is 0 Å². The third-order valence-corrected chi connectivity index (χ3v) is 9.81. The van der Waals surface area contributed by atoms with Crippen LogP contribution in [0.4, 0.5) is 0 Å². The van der Waals surface area contributed by atoms with E-state index in [0.29, 0.717) is 0 Å². The summed E-state index contributed by atoms with van der Waals surface area (Å²) in [5, 5.41) is 138. The summed E-state index contributed by atoms with van der Waals surface area (Å²) in [7, 11) is 0. The minimum atomic E-state index is -1.84. The van der Waals surface area contributed by atoms with Crippen LogP contribution in [0.25, 0.3) is 0 Å². The molecule has 1 fully saturated rings. The third kappa shape index (κ3) is 6.17. The van der Waals surface area contributed by atoms with Gasteiger partial charge in [-0.25, -0.2) is 0 Å². The van der Waals surface area contributed by atoms with Gasteiger partial charge in [-0.2, -0.15) is 0 Å². The summed E-state index contributed by atoms with van der Waals surface area (Å²) in [6, 6.07) is 10.4. The lowest BCUT2D eigenvalue weighted by Crippen LogP contribution is -2.60. The maximum Gasteiger partial charge on any atom is 0.187 e. The number of benzene rings is 4. The Morgan fingerprint density at radius 2 is 1.21 bits per heavy atom. The zero-order valence-electron chi connectivity index (χ0n) is 27.3. The molecular weight excluding hydrogens is 704 g/mol. The van der Waals surface area contributed by atoms with Gasteiger partial charge in [0.05, 0.1) is 12.5 Å². The predicted molar refractivity (Wildman–Crippen MR) is 176 cm³/mol. The Labute approximate surface area is 299 Å². The van der Waals surface area contributed by atoms with Gasteiger partial charge in [-0.05, 0) is 35.4 Å². The zero-order chi connectivity index (χ0) is 38.0. The Hall–Kier alpha value is -5.40. The first kappa shape index (κ1) is 36.0. The van der Waals surface area contributed by atoms with E-state index in [0.717, 1.165) is 42.5 Å². The van der Waals surface area contributed by atoms with E-state index in [1.165, 1.54) is 12.1 Å². The van der Waals surface area contributed by atoms with E-state index >= 15 is 0 Å².